The van der Waals surface area contributed by atoms with Crippen LogP contribution in [-0.4, -0.2) is 65.1 Å². The van der Waals surface area contributed by atoms with Crippen molar-refractivity contribution in [1.29, 1.82) is 0 Å². The zero-order chi connectivity index (χ0) is 22.0. The molecule has 0 unspecified atom stereocenters. The van der Waals surface area contributed by atoms with E-state index >= 15 is 0 Å². The smallest absolute Gasteiger partial charge is 0.259 e. The van der Waals surface area contributed by atoms with Crippen LogP contribution >= 0.6 is 0 Å². The van der Waals surface area contributed by atoms with Crippen LogP contribution in [0.3, 0.4) is 0 Å². The van der Waals surface area contributed by atoms with E-state index in [1.54, 1.807) is 11.0 Å². The molecule has 168 valence electrons. The Kier molecular flexibility index (Phi) is 4.50. The number of benzene rings is 1. The van der Waals surface area contributed by atoms with Gasteiger partial charge in [-0.1, -0.05) is 24.8 Å². The van der Waals surface area contributed by atoms with E-state index < -0.39 is 0 Å². The lowest BCUT2D eigenvalue weighted by atomic mass is 9.49. The number of amides is 3. The van der Waals surface area contributed by atoms with Crippen molar-refractivity contribution in [2.24, 2.45) is 23.2 Å². The SMILES string of the molecule is C=C1c2ccccc2C(=O)N1CC(=O)N1CCN(C(=O)C23CC4CC(CC(C4)C2)C3)CC1. The number of carbonyl (C=O) groups is 3. The van der Waals surface area contributed by atoms with Crippen LogP contribution in [0.1, 0.15) is 54.4 Å². The highest BCUT2D eigenvalue weighted by Gasteiger charge is 2.55. The van der Waals surface area contributed by atoms with Crippen LogP contribution in [0.2, 0.25) is 0 Å². The molecule has 0 N–H and O–H groups in total. The number of fused-ring (bicyclic) bond motifs is 1. The number of hydrogen-bond acceptors (Lipinski definition) is 3. The van der Waals surface area contributed by atoms with Crippen LogP contribution < -0.4 is 0 Å². The molecule has 7 rings (SSSR count). The minimum absolute atomic E-state index is 0.00920. The van der Waals surface area contributed by atoms with E-state index in [4.69, 9.17) is 0 Å². The van der Waals surface area contributed by atoms with E-state index in [0.29, 0.717) is 43.3 Å². The maximum Gasteiger partial charge on any atom is 0.259 e. The number of rotatable bonds is 3. The lowest BCUT2D eigenvalue weighted by Crippen LogP contribution is -2.59. The lowest BCUT2D eigenvalue weighted by molar-refractivity contribution is -0.160. The normalized spacial score (nSPS) is 33.1. The summed E-state index contributed by atoms with van der Waals surface area (Å²) in [5, 5.41) is 0. The van der Waals surface area contributed by atoms with Gasteiger partial charge in [0.05, 0.1) is 5.41 Å². The monoisotopic (exact) mass is 433 g/mol. The molecule has 6 aliphatic rings. The summed E-state index contributed by atoms with van der Waals surface area (Å²) in [4.78, 5) is 44.6. The Morgan fingerprint density at radius 1 is 0.875 bits per heavy atom. The maximum atomic E-state index is 13.6. The quantitative estimate of drug-likeness (QED) is 0.736. The van der Waals surface area contributed by atoms with Crippen LogP contribution in [0, 0.1) is 23.2 Å². The minimum atomic E-state index is -0.158. The first-order valence-electron chi connectivity index (χ1n) is 12.1. The minimum Gasteiger partial charge on any atom is -0.339 e. The molecule has 1 aromatic rings. The van der Waals surface area contributed by atoms with E-state index in [1.165, 1.54) is 24.2 Å². The van der Waals surface area contributed by atoms with Crippen molar-refractivity contribution in [3.8, 4) is 0 Å². The first-order chi connectivity index (χ1) is 15.4. The van der Waals surface area contributed by atoms with Gasteiger partial charge >= 0.3 is 0 Å². The Labute approximate surface area is 189 Å². The van der Waals surface area contributed by atoms with Crippen molar-refractivity contribution in [2.45, 2.75) is 38.5 Å². The van der Waals surface area contributed by atoms with Crippen molar-refractivity contribution >= 4 is 23.4 Å². The van der Waals surface area contributed by atoms with E-state index in [1.807, 2.05) is 23.1 Å². The average molecular weight is 434 g/mol. The zero-order valence-corrected chi connectivity index (χ0v) is 18.6. The second-order valence-electron chi connectivity index (χ2n) is 10.8. The zero-order valence-electron chi connectivity index (χ0n) is 18.6. The Balaban J connectivity index is 1.07. The summed E-state index contributed by atoms with van der Waals surface area (Å²) in [5.41, 5.74) is 1.88. The second kappa shape index (κ2) is 7.19. The first-order valence-corrected chi connectivity index (χ1v) is 12.1. The maximum absolute atomic E-state index is 13.6. The molecule has 6 heteroatoms. The first kappa shape index (κ1) is 20.0. The van der Waals surface area contributed by atoms with Gasteiger partial charge in [0.25, 0.3) is 5.91 Å². The van der Waals surface area contributed by atoms with Gasteiger partial charge in [-0.3, -0.25) is 19.3 Å². The Bertz CT molecular complexity index is 937. The summed E-state index contributed by atoms with van der Waals surface area (Å²) < 4.78 is 0. The fraction of sp³-hybridized carbons (Fsp3) is 0.577. The van der Waals surface area contributed by atoms with Crippen LogP contribution in [0.25, 0.3) is 5.70 Å². The highest BCUT2D eigenvalue weighted by molar-refractivity contribution is 6.10. The van der Waals surface area contributed by atoms with Gasteiger partial charge in [0.1, 0.15) is 6.54 Å². The van der Waals surface area contributed by atoms with Crippen LogP contribution in [0.4, 0.5) is 0 Å². The van der Waals surface area contributed by atoms with Gasteiger partial charge in [0.2, 0.25) is 11.8 Å². The molecular formula is C26H31N3O3. The fourth-order valence-corrected chi connectivity index (χ4v) is 7.60. The second-order valence-corrected chi connectivity index (χ2v) is 10.8. The Morgan fingerprint density at radius 3 is 1.97 bits per heavy atom. The summed E-state index contributed by atoms with van der Waals surface area (Å²) >= 11 is 0. The molecule has 2 heterocycles. The largest absolute Gasteiger partial charge is 0.339 e. The van der Waals surface area contributed by atoms with Gasteiger partial charge < -0.3 is 9.80 Å². The summed E-state index contributed by atoms with van der Waals surface area (Å²) in [7, 11) is 0. The fourth-order valence-electron chi connectivity index (χ4n) is 7.60. The van der Waals surface area contributed by atoms with Gasteiger partial charge in [0.15, 0.2) is 0 Å². The summed E-state index contributed by atoms with van der Waals surface area (Å²) in [5.74, 6) is 2.38. The highest BCUT2D eigenvalue weighted by atomic mass is 16.2. The predicted octanol–water partition coefficient (Wildman–Crippen LogP) is 3.00. The average Bonchev–Trinajstić information content (AvgIpc) is 3.03. The molecule has 32 heavy (non-hydrogen) atoms. The molecule has 4 aliphatic carbocycles. The molecule has 0 aromatic heterocycles. The third-order valence-electron chi connectivity index (χ3n) is 8.74. The molecule has 0 radical (unpaired) electrons. The van der Waals surface area contributed by atoms with Crippen molar-refractivity contribution in [3.63, 3.8) is 0 Å². The molecule has 0 spiro atoms. The van der Waals surface area contributed by atoms with Gasteiger partial charge in [-0.05, 0) is 62.3 Å². The number of piperazine rings is 1. The van der Waals surface area contributed by atoms with Crippen molar-refractivity contribution < 1.29 is 14.4 Å². The molecule has 0 atom stereocenters. The molecule has 4 bridgehead atoms. The topological polar surface area (TPSA) is 60.9 Å². The Morgan fingerprint density at radius 2 is 1.41 bits per heavy atom. The number of nitrogens with zero attached hydrogens (tertiary/aromatic N) is 3. The molecule has 6 nitrogen and oxygen atoms in total. The molecule has 1 saturated heterocycles. The van der Waals surface area contributed by atoms with E-state index in [9.17, 15) is 14.4 Å². The van der Waals surface area contributed by atoms with Gasteiger partial charge in [-0.15, -0.1) is 0 Å². The van der Waals surface area contributed by atoms with Gasteiger partial charge in [-0.2, -0.15) is 0 Å². The van der Waals surface area contributed by atoms with Gasteiger partial charge in [-0.25, -0.2) is 0 Å². The van der Waals surface area contributed by atoms with Gasteiger partial charge in [0, 0.05) is 43.0 Å². The van der Waals surface area contributed by atoms with Crippen molar-refractivity contribution in [2.75, 3.05) is 32.7 Å². The Hall–Kier alpha value is -2.63. The summed E-state index contributed by atoms with van der Waals surface area (Å²) in [6.45, 7) is 6.32. The standard InChI is InChI=1S/C26H31N3O3/c1-17-21-4-2-3-5-22(21)24(31)29(17)16-23(30)27-6-8-28(9-7-27)25(32)26-13-18-10-19(14-26)12-20(11-18)15-26/h2-5,18-20H,1,6-16H2. The summed E-state index contributed by atoms with van der Waals surface area (Å²) in [6.07, 6.45) is 7.24. The summed E-state index contributed by atoms with van der Waals surface area (Å²) in [6, 6.07) is 7.36. The third-order valence-corrected chi connectivity index (χ3v) is 8.74. The predicted molar refractivity (Wildman–Crippen MR) is 120 cm³/mol. The van der Waals surface area contributed by atoms with Crippen molar-refractivity contribution in [3.05, 3.63) is 42.0 Å². The third kappa shape index (κ3) is 3.02. The molecule has 3 amide bonds. The molecule has 2 aliphatic heterocycles. The van der Waals surface area contributed by atoms with Crippen LogP contribution in [0.5, 0.6) is 0 Å². The van der Waals surface area contributed by atoms with E-state index in [2.05, 4.69) is 6.58 Å². The number of hydrogen-bond donors (Lipinski definition) is 0. The lowest BCUT2D eigenvalue weighted by Gasteiger charge is -2.57. The van der Waals surface area contributed by atoms with Crippen molar-refractivity contribution in [1.82, 2.24) is 14.7 Å². The van der Waals surface area contributed by atoms with Crippen LogP contribution in [0.15, 0.2) is 30.8 Å². The number of carbonyl (C=O) groups excluding carboxylic acids is 3. The van der Waals surface area contributed by atoms with E-state index in [-0.39, 0.29) is 23.8 Å². The van der Waals surface area contributed by atoms with E-state index in [0.717, 1.165) is 42.6 Å². The molecular weight excluding hydrogens is 402 g/mol. The molecule has 1 aromatic carbocycles. The van der Waals surface area contributed by atoms with Crippen LogP contribution in [-0.2, 0) is 9.59 Å². The molecule has 5 fully saturated rings. The molecule has 4 saturated carbocycles. The highest BCUT2D eigenvalue weighted by Crippen LogP contribution is 2.60.